The van der Waals surface area contributed by atoms with Gasteiger partial charge in [0.2, 0.25) is 17.8 Å². The molecule has 3 aromatic rings. The summed E-state index contributed by atoms with van der Waals surface area (Å²) < 4.78 is 0. The molecule has 0 radical (unpaired) electrons. The fourth-order valence-corrected chi connectivity index (χ4v) is 3.18. The van der Waals surface area contributed by atoms with Crippen LogP contribution < -0.4 is 15.9 Å². The van der Waals surface area contributed by atoms with E-state index in [1.165, 1.54) is 0 Å². The average Bonchev–Trinajstić information content (AvgIpc) is 3.12. The van der Waals surface area contributed by atoms with E-state index in [1.54, 1.807) is 35.5 Å². The van der Waals surface area contributed by atoms with Crippen molar-refractivity contribution in [3.8, 4) is 0 Å². The highest BCUT2D eigenvalue weighted by Gasteiger charge is 2.22. The number of amides is 2. The summed E-state index contributed by atoms with van der Waals surface area (Å²) >= 11 is 0. The van der Waals surface area contributed by atoms with Crippen LogP contribution in [0.2, 0.25) is 0 Å². The Kier molecular flexibility index (Phi) is 5.18. The van der Waals surface area contributed by atoms with Crippen molar-refractivity contribution in [3.05, 3.63) is 41.1 Å². The number of carbonyl (C=O) groups is 2. The standard InChI is InChI=1S/C18H20N8O3/c27-14(22-13-3-2-12-16(23-13)24-18(29)21-12)4-5-15(28)25-8-10-26(11-9-25)17-19-6-1-7-20-17/h1-3,6-7H,4-5,8-11H2,(H3,21,22,23,24,27,29). The Morgan fingerprint density at radius 2 is 1.79 bits per heavy atom. The molecule has 0 aromatic carbocycles. The van der Waals surface area contributed by atoms with E-state index in [0.29, 0.717) is 49.1 Å². The molecule has 3 aromatic heterocycles. The maximum absolute atomic E-state index is 12.4. The minimum absolute atomic E-state index is 0.0597. The van der Waals surface area contributed by atoms with Gasteiger partial charge < -0.3 is 20.1 Å². The van der Waals surface area contributed by atoms with Crippen molar-refractivity contribution in [1.82, 2.24) is 29.8 Å². The van der Waals surface area contributed by atoms with E-state index in [-0.39, 0.29) is 30.3 Å². The number of rotatable bonds is 5. The molecule has 2 amide bonds. The number of nitrogens with zero attached hydrogens (tertiary/aromatic N) is 5. The van der Waals surface area contributed by atoms with Gasteiger partial charge >= 0.3 is 5.69 Å². The summed E-state index contributed by atoms with van der Waals surface area (Å²) in [5.74, 6) is 0.612. The first kappa shape index (κ1) is 18.6. The second-order valence-electron chi connectivity index (χ2n) is 6.64. The number of carbonyl (C=O) groups excluding carboxylic acids is 2. The minimum atomic E-state index is -0.361. The van der Waals surface area contributed by atoms with Gasteiger partial charge in [0.15, 0.2) is 5.65 Å². The van der Waals surface area contributed by atoms with Crippen LogP contribution in [0.3, 0.4) is 0 Å². The Balaban J connectivity index is 1.25. The van der Waals surface area contributed by atoms with E-state index < -0.39 is 0 Å². The fraction of sp³-hybridized carbons (Fsp3) is 0.333. The number of piperazine rings is 1. The van der Waals surface area contributed by atoms with Gasteiger partial charge in [0.1, 0.15) is 5.82 Å². The number of imidazole rings is 1. The molecule has 0 saturated carbocycles. The van der Waals surface area contributed by atoms with Crippen LogP contribution in [0.5, 0.6) is 0 Å². The van der Waals surface area contributed by atoms with E-state index in [4.69, 9.17) is 0 Å². The third-order valence-corrected chi connectivity index (χ3v) is 4.68. The summed E-state index contributed by atoms with van der Waals surface area (Å²) in [4.78, 5) is 57.3. The molecule has 0 spiro atoms. The molecule has 1 fully saturated rings. The van der Waals surface area contributed by atoms with Crippen molar-refractivity contribution < 1.29 is 9.59 Å². The summed E-state index contributed by atoms with van der Waals surface area (Å²) in [5, 5.41) is 2.65. The molecule has 4 rings (SSSR count). The second kappa shape index (κ2) is 8.09. The lowest BCUT2D eigenvalue weighted by atomic mass is 10.2. The number of anilines is 2. The zero-order valence-corrected chi connectivity index (χ0v) is 15.6. The van der Waals surface area contributed by atoms with Gasteiger partial charge in [-0.05, 0) is 18.2 Å². The van der Waals surface area contributed by atoms with E-state index in [2.05, 4.69) is 30.2 Å². The molecule has 150 valence electrons. The van der Waals surface area contributed by atoms with Crippen LogP contribution in [-0.2, 0) is 9.59 Å². The number of hydrogen-bond donors (Lipinski definition) is 3. The van der Waals surface area contributed by atoms with E-state index in [0.717, 1.165) is 0 Å². The molecule has 11 nitrogen and oxygen atoms in total. The molecule has 1 aliphatic heterocycles. The van der Waals surface area contributed by atoms with Crippen LogP contribution in [-0.4, -0.2) is 67.8 Å². The molecule has 4 heterocycles. The van der Waals surface area contributed by atoms with Gasteiger partial charge in [-0.25, -0.2) is 19.7 Å². The molecule has 11 heteroatoms. The van der Waals surface area contributed by atoms with Crippen molar-refractivity contribution in [2.24, 2.45) is 0 Å². The fourth-order valence-electron chi connectivity index (χ4n) is 3.18. The molecule has 1 saturated heterocycles. The van der Waals surface area contributed by atoms with E-state index in [9.17, 15) is 14.4 Å². The molecule has 0 unspecified atom stereocenters. The summed E-state index contributed by atoms with van der Waals surface area (Å²) in [5.41, 5.74) is 0.563. The highest BCUT2D eigenvalue weighted by atomic mass is 16.2. The summed E-state index contributed by atoms with van der Waals surface area (Å²) in [7, 11) is 0. The van der Waals surface area contributed by atoms with Crippen molar-refractivity contribution in [2.45, 2.75) is 12.8 Å². The molecule has 0 bridgehead atoms. The molecular weight excluding hydrogens is 376 g/mol. The van der Waals surface area contributed by atoms with Gasteiger partial charge in [0.05, 0.1) is 5.52 Å². The number of aromatic amines is 2. The predicted molar refractivity (Wildman–Crippen MR) is 105 cm³/mol. The van der Waals surface area contributed by atoms with Crippen LogP contribution in [0.25, 0.3) is 11.2 Å². The lowest BCUT2D eigenvalue weighted by molar-refractivity contribution is -0.133. The van der Waals surface area contributed by atoms with Crippen LogP contribution in [0, 0.1) is 0 Å². The maximum atomic E-state index is 12.4. The van der Waals surface area contributed by atoms with Crippen molar-refractivity contribution in [1.29, 1.82) is 0 Å². The number of pyridine rings is 1. The third kappa shape index (κ3) is 4.39. The van der Waals surface area contributed by atoms with Crippen LogP contribution >= 0.6 is 0 Å². The van der Waals surface area contributed by atoms with Gasteiger partial charge in [-0.3, -0.25) is 14.6 Å². The minimum Gasteiger partial charge on any atom is -0.339 e. The Morgan fingerprint density at radius 1 is 1.03 bits per heavy atom. The predicted octanol–water partition coefficient (Wildman–Crippen LogP) is 0.109. The number of fused-ring (bicyclic) bond motifs is 1. The summed E-state index contributed by atoms with van der Waals surface area (Å²) in [6.45, 7) is 2.44. The van der Waals surface area contributed by atoms with E-state index in [1.807, 2.05) is 4.90 Å². The van der Waals surface area contributed by atoms with E-state index >= 15 is 0 Å². The first-order valence-corrected chi connectivity index (χ1v) is 9.27. The SMILES string of the molecule is O=C(CCC(=O)N1CCN(c2ncccn2)CC1)Nc1ccc2[nH]c(=O)[nH]c2n1. The van der Waals surface area contributed by atoms with Gasteiger partial charge in [-0.2, -0.15) is 0 Å². The molecule has 3 N–H and O–H groups in total. The van der Waals surface area contributed by atoms with Gasteiger partial charge in [0, 0.05) is 51.4 Å². The van der Waals surface area contributed by atoms with Crippen LogP contribution in [0.4, 0.5) is 11.8 Å². The average molecular weight is 396 g/mol. The Morgan fingerprint density at radius 3 is 2.55 bits per heavy atom. The lowest BCUT2D eigenvalue weighted by Gasteiger charge is -2.34. The first-order chi connectivity index (χ1) is 14.1. The topological polar surface area (TPSA) is 140 Å². The number of hydrogen-bond acceptors (Lipinski definition) is 7. The van der Waals surface area contributed by atoms with Crippen molar-refractivity contribution in [3.63, 3.8) is 0 Å². The monoisotopic (exact) mass is 396 g/mol. The van der Waals surface area contributed by atoms with Crippen molar-refractivity contribution >= 4 is 34.7 Å². The number of aromatic nitrogens is 5. The second-order valence-corrected chi connectivity index (χ2v) is 6.64. The van der Waals surface area contributed by atoms with Gasteiger partial charge in [-0.1, -0.05) is 0 Å². The molecular formula is C18H20N8O3. The van der Waals surface area contributed by atoms with Gasteiger partial charge in [0.25, 0.3) is 0 Å². The normalized spacial score (nSPS) is 14.2. The lowest BCUT2D eigenvalue weighted by Crippen LogP contribution is -2.49. The zero-order valence-electron chi connectivity index (χ0n) is 15.6. The zero-order chi connectivity index (χ0) is 20.2. The Labute approximate surface area is 165 Å². The molecule has 1 aliphatic rings. The summed E-state index contributed by atoms with van der Waals surface area (Å²) in [6.07, 6.45) is 3.57. The quantitative estimate of drug-likeness (QED) is 0.556. The molecule has 0 atom stereocenters. The van der Waals surface area contributed by atoms with Crippen LogP contribution in [0.1, 0.15) is 12.8 Å². The van der Waals surface area contributed by atoms with Gasteiger partial charge in [-0.15, -0.1) is 0 Å². The number of nitrogens with one attached hydrogen (secondary N) is 3. The maximum Gasteiger partial charge on any atom is 0.325 e. The Hall–Kier alpha value is -3.76. The largest absolute Gasteiger partial charge is 0.339 e. The van der Waals surface area contributed by atoms with Crippen molar-refractivity contribution in [2.75, 3.05) is 36.4 Å². The highest BCUT2D eigenvalue weighted by Crippen LogP contribution is 2.12. The highest BCUT2D eigenvalue weighted by molar-refractivity contribution is 5.93. The third-order valence-electron chi connectivity index (χ3n) is 4.68. The molecule has 29 heavy (non-hydrogen) atoms. The molecule has 0 aliphatic carbocycles. The number of H-pyrrole nitrogens is 2. The summed E-state index contributed by atoms with van der Waals surface area (Å²) in [6, 6.07) is 5.01. The Bertz CT molecular complexity index is 1070. The van der Waals surface area contributed by atoms with Crippen LogP contribution in [0.15, 0.2) is 35.4 Å². The smallest absolute Gasteiger partial charge is 0.325 e. The first-order valence-electron chi connectivity index (χ1n) is 9.27.